The van der Waals surface area contributed by atoms with Crippen molar-refractivity contribution in [3.8, 4) is 17.2 Å². The zero-order chi connectivity index (χ0) is 22.8. The minimum atomic E-state index is -0.326. The Kier molecular flexibility index (Phi) is 5.98. The topological polar surface area (TPSA) is 71.6 Å². The molecule has 0 radical (unpaired) electrons. The lowest BCUT2D eigenvalue weighted by atomic mass is 10.1. The summed E-state index contributed by atoms with van der Waals surface area (Å²) in [7, 11) is 0. The van der Waals surface area contributed by atoms with E-state index in [4.69, 9.17) is 14.2 Å². The summed E-state index contributed by atoms with van der Waals surface area (Å²) in [6.45, 7) is 6.75. The summed E-state index contributed by atoms with van der Waals surface area (Å²) in [4.78, 5) is 31.8. The van der Waals surface area contributed by atoms with Crippen LogP contribution in [-0.2, 0) is 9.59 Å². The molecule has 2 aromatic rings. The first kappa shape index (κ1) is 21.4. The number of hydrogen-bond donors (Lipinski definition) is 0. The van der Waals surface area contributed by atoms with Crippen molar-refractivity contribution >= 4 is 23.2 Å². The average molecular weight is 452 g/mol. The van der Waals surface area contributed by atoms with Gasteiger partial charge < -0.3 is 28.9 Å². The van der Waals surface area contributed by atoms with Crippen molar-refractivity contribution in [2.75, 3.05) is 62.3 Å². The Labute approximate surface area is 193 Å². The van der Waals surface area contributed by atoms with Crippen LogP contribution in [0.5, 0.6) is 17.2 Å². The third kappa shape index (κ3) is 4.29. The highest BCUT2D eigenvalue weighted by atomic mass is 16.6. The third-order valence-electron chi connectivity index (χ3n) is 6.41. The number of ether oxygens (including phenoxy) is 3. The Balaban J connectivity index is 1.21. The quantitative estimate of drug-likeness (QED) is 0.696. The number of carbonyl (C=O) groups excluding carboxylic acids is 2. The summed E-state index contributed by atoms with van der Waals surface area (Å²) >= 11 is 0. The van der Waals surface area contributed by atoms with E-state index in [2.05, 4.69) is 11.0 Å². The van der Waals surface area contributed by atoms with Gasteiger partial charge in [0.05, 0.1) is 18.2 Å². The Morgan fingerprint density at radius 1 is 1.03 bits per heavy atom. The largest absolute Gasteiger partial charge is 0.492 e. The van der Waals surface area contributed by atoms with Gasteiger partial charge in [-0.2, -0.15) is 0 Å². The number of rotatable bonds is 5. The van der Waals surface area contributed by atoms with Crippen molar-refractivity contribution in [1.29, 1.82) is 0 Å². The van der Waals surface area contributed by atoms with E-state index >= 15 is 0 Å². The SMILES string of the molecule is CCOc1ccccc1N1CCN(C(=O)C2CC(=O)N(c3ccc4c(c3)OCCO4)C2)CC1. The van der Waals surface area contributed by atoms with Gasteiger partial charge in [-0.15, -0.1) is 0 Å². The molecular weight excluding hydrogens is 422 g/mol. The highest BCUT2D eigenvalue weighted by Gasteiger charge is 2.38. The average Bonchev–Trinajstić information content (AvgIpc) is 3.25. The second-order valence-corrected chi connectivity index (χ2v) is 8.45. The van der Waals surface area contributed by atoms with Gasteiger partial charge in [0.25, 0.3) is 0 Å². The number of piperazine rings is 1. The van der Waals surface area contributed by atoms with E-state index in [1.165, 1.54) is 0 Å². The fourth-order valence-corrected chi connectivity index (χ4v) is 4.74. The monoisotopic (exact) mass is 451 g/mol. The molecule has 3 aliphatic rings. The maximum Gasteiger partial charge on any atom is 0.228 e. The first-order valence-corrected chi connectivity index (χ1v) is 11.6. The lowest BCUT2D eigenvalue weighted by Crippen LogP contribution is -2.50. The molecule has 174 valence electrons. The predicted molar refractivity (Wildman–Crippen MR) is 124 cm³/mol. The predicted octanol–water partition coefficient (Wildman–Crippen LogP) is 2.56. The van der Waals surface area contributed by atoms with Gasteiger partial charge in [-0.3, -0.25) is 9.59 Å². The number of hydrogen-bond acceptors (Lipinski definition) is 6. The van der Waals surface area contributed by atoms with E-state index in [-0.39, 0.29) is 24.2 Å². The molecule has 0 bridgehead atoms. The van der Waals surface area contributed by atoms with Crippen molar-refractivity contribution in [2.24, 2.45) is 5.92 Å². The molecule has 1 atom stereocenters. The number of fused-ring (bicyclic) bond motifs is 1. The Morgan fingerprint density at radius 2 is 1.79 bits per heavy atom. The molecule has 1 unspecified atom stereocenters. The van der Waals surface area contributed by atoms with Crippen LogP contribution in [0.4, 0.5) is 11.4 Å². The van der Waals surface area contributed by atoms with E-state index in [9.17, 15) is 9.59 Å². The van der Waals surface area contributed by atoms with Gasteiger partial charge in [-0.25, -0.2) is 0 Å². The normalized spacial score (nSPS) is 20.2. The van der Waals surface area contributed by atoms with Gasteiger partial charge in [0.2, 0.25) is 11.8 Å². The molecule has 2 amide bonds. The molecule has 3 aliphatic heterocycles. The molecule has 0 saturated carbocycles. The molecule has 3 heterocycles. The summed E-state index contributed by atoms with van der Waals surface area (Å²) < 4.78 is 17.0. The van der Waals surface area contributed by atoms with Crippen molar-refractivity contribution in [3.63, 3.8) is 0 Å². The minimum absolute atomic E-state index is 0.0331. The second kappa shape index (κ2) is 9.21. The van der Waals surface area contributed by atoms with Crippen LogP contribution in [0.3, 0.4) is 0 Å². The summed E-state index contributed by atoms with van der Waals surface area (Å²) in [6.07, 6.45) is 0.237. The maximum absolute atomic E-state index is 13.2. The van der Waals surface area contributed by atoms with E-state index in [1.54, 1.807) is 4.90 Å². The first-order valence-electron chi connectivity index (χ1n) is 11.6. The molecular formula is C25H29N3O5. The summed E-state index contributed by atoms with van der Waals surface area (Å²) in [5.41, 5.74) is 1.81. The van der Waals surface area contributed by atoms with Gasteiger partial charge in [-0.1, -0.05) is 12.1 Å². The smallest absolute Gasteiger partial charge is 0.228 e. The summed E-state index contributed by atoms with van der Waals surface area (Å²) in [6, 6.07) is 13.5. The van der Waals surface area contributed by atoms with Crippen molar-refractivity contribution in [3.05, 3.63) is 42.5 Å². The number of para-hydroxylation sites is 2. The molecule has 8 heteroatoms. The van der Waals surface area contributed by atoms with Gasteiger partial charge in [0.1, 0.15) is 19.0 Å². The van der Waals surface area contributed by atoms with E-state index in [1.807, 2.05) is 48.2 Å². The zero-order valence-corrected chi connectivity index (χ0v) is 18.9. The highest BCUT2D eigenvalue weighted by molar-refractivity contribution is 6.00. The van der Waals surface area contributed by atoms with Crippen molar-refractivity contribution < 1.29 is 23.8 Å². The standard InChI is InChI=1S/C25H29N3O5/c1-2-31-21-6-4-3-5-20(21)26-9-11-27(12-10-26)25(30)18-15-24(29)28(17-18)19-7-8-22-23(16-19)33-14-13-32-22/h3-8,16,18H,2,9-15,17H2,1H3. The molecule has 0 aliphatic carbocycles. The lowest BCUT2D eigenvalue weighted by molar-refractivity contribution is -0.136. The fraction of sp³-hybridized carbons (Fsp3) is 0.440. The van der Waals surface area contributed by atoms with Gasteiger partial charge in [0, 0.05) is 50.9 Å². The van der Waals surface area contributed by atoms with Crippen LogP contribution in [0.15, 0.2) is 42.5 Å². The van der Waals surface area contributed by atoms with Crippen LogP contribution in [0.2, 0.25) is 0 Å². The highest BCUT2D eigenvalue weighted by Crippen LogP contribution is 2.36. The number of anilines is 2. The number of benzene rings is 2. The number of carbonyl (C=O) groups is 2. The molecule has 2 saturated heterocycles. The Bertz CT molecular complexity index is 1030. The van der Waals surface area contributed by atoms with Gasteiger partial charge in [0.15, 0.2) is 11.5 Å². The molecule has 33 heavy (non-hydrogen) atoms. The van der Waals surface area contributed by atoms with Gasteiger partial charge >= 0.3 is 0 Å². The molecule has 5 rings (SSSR count). The molecule has 0 N–H and O–H groups in total. The molecule has 2 fully saturated rings. The van der Waals surface area contributed by atoms with Crippen LogP contribution in [0.25, 0.3) is 0 Å². The van der Waals surface area contributed by atoms with Crippen LogP contribution < -0.4 is 24.0 Å². The molecule has 2 aromatic carbocycles. The van der Waals surface area contributed by atoms with Crippen LogP contribution >= 0.6 is 0 Å². The van der Waals surface area contributed by atoms with Gasteiger partial charge in [-0.05, 0) is 31.2 Å². The number of nitrogens with zero attached hydrogens (tertiary/aromatic N) is 3. The molecule has 0 spiro atoms. The first-order chi connectivity index (χ1) is 16.1. The Morgan fingerprint density at radius 3 is 2.58 bits per heavy atom. The Hall–Kier alpha value is -3.42. The number of amides is 2. The summed E-state index contributed by atoms with van der Waals surface area (Å²) in [5, 5.41) is 0. The van der Waals surface area contributed by atoms with Crippen LogP contribution in [0.1, 0.15) is 13.3 Å². The molecule has 8 nitrogen and oxygen atoms in total. The molecule has 0 aromatic heterocycles. The fourth-order valence-electron chi connectivity index (χ4n) is 4.74. The zero-order valence-electron chi connectivity index (χ0n) is 18.9. The van der Waals surface area contributed by atoms with E-state index in [0.717, 1.165) is 30.2 Å². The van der Waals surface area contributed by atoms with Crippen LogP contribution in [-0.4, -0.2) is 69.3 Å². The van der Waals surface area contributed by atoms with E-state index < -0.39 is 0 Å². The van der Waals surface area contributed by atoms with Crippen molar-refractivity contribution in [1.82, 2.24) is 4.90 Å². The minimum Gasteiger partial charge on any atom is -0.492 e. The van der Waals surface area contributed by atoms with Crippen LogP contribution in [0, 0.1) is 5.92 Å². The third-order valence-corrected chi connectivity index (χ3v) is 6.41. The lowest BCUT2D eigenvalue weighted by Gasteiger charge is -2.37. The second-order valence-electron chi connectivity index (χ2n) is 8.45. The van der Waals surface area contributed by atoms with E-state index in [0.29, 0.717) is 51.0 Å². The summed E-state index contributed by atoms with van der Waals surface area (Å²) in [5.74, 6) is 1.90. The maximum atomic E-state index is 13.2. The van der Waals surface area contributed by atoms with Crippen molar-refractivity contribution in [2.45, 2.75) is 13.3 Å².